The third-order valence-corrected chi connectivity index (χ3v) is 10.9. The van der Waals surface area contributed by atoms with Crippen molar-refractivity contribution in [3.63, 3.8) is 0 Å². The molecule has 0 aliphatic carbocycles. The van der Waals surface area contributed by atoms with Crippen LogP contribution in [0.15, 0.2) is 74.3 Å². The highest BCUT2D eigenvalue weighted by molar-refractivity contribution is 7.92. The van der Waals surface area contributed by atoms with Crippen LogP contribution in [-0.2, 0) is 39.6 Å². The van der Waals surface area contributed by atoms with Crippen molar-refractivity contribution in [2.45, 2.75) is 39.1 Å². The highest BCUT2D eigenvalue weighted by atomic mass is 32.2. The summed E-state index contributed by atoms with van der Waals surface area (Å²) in [6.45, 7) is 2.86. The summed E-state index contributed by atoms with van der Waals surface area (Å²) < 4.78 is 144. The molecule has 1 aromatic heterocycles. The number of rotatable bonds is 9. The Bertz CT molecular complexity index is 1990. The average Bonchev–Trinajstić information content (AvgIpc) is 2.88. The number of anilines is 1. The van der Waals surface area contributed by atoms with Crippen LogP contribution in [0.25, 0.3) is 0 Å². The highest BCUT2D eigenvalue weighted by Gasteiger charge is 2.47. The molecule has 1 heterocycles. The van der Waals surface area contributed by atoms with Gasteiger partial charge in [0.05, 0.1) is 21.2 Å². The number of hydrogen-bond donors (Lipinski definition) is 1. The van der Waals surface area contributed by atoms with E-state index in [2.05, 4.69) is 4.98 Å². The summed E-state index contributed by atoms with van der Waals surface area (Å²) in [6, 6.07) is 7.87. The fraction of sp³-hybridized carbons (Fsp3) is 0.217. The van der Waals surface area contributed by atoms with Crippen LogP contribution in [0.4, 0.5) is 18.9 Å². The number of halogens is 3. The summed E-state index contributed by atoms with van der Waals surface area (Å²) in [5.41, 5.74) is -7.09. The molecular weight excluding hydrogens is 650 g/mol. The van der Waals surface area contributed by atoms with E-state index in [1.54, 1.807) is 6.92 Å². The van der Waals surface area contributed by atoms with Gasteiger partial charge >= 0.3 is 15.6 Å². The zero-order valence-electron chi connectivity index (χ0n) is 21.7. The third-order valence-electron chi connectivity index (χ3n) is 5.47. The van der Waals surface area contributed by atoms with Crippen LogP contribution in [0.3, 0.4) is 0 Å². The largest absolute Gasteiger partial charge is 0.501 e. The molecule has 3 aromatic rings. The molecule has 1 N–H and O–H groups in total. The van der Waals surface area contributed by atoms with E-state index in [1.807, 2.05) is 5.32 Å². The van der Waals surface area contributed by atoms with Crippen LogP contribution in [0, 0.1) is 6.92 Å². The summed E-state index contributed by atoms with van der Waals surface area (Å²) in [5.74, 6) is -2.97. The molecule has 0 spiro atoms. The first kappa shape index (κ1) is 33.0. The van der Waals surface area contributed by atoms with E-state index in [-0.39, 0.29) is 6.07 Å². The lowest BCUT2D eigenvalue weighted by Gasteiger charge is -2.16. The summed E-state index contributed by atoms with van der Waals surface area (Å²) in [6.07, 6.45) is 0.707. The molecule has 0 bridgehead atoms. The number of sulfone groups is 3. The third kappa shape index (κ3) is 6.90. The van der Waals surface area contributed by atoms with Gasteiger partial charge in [0.2, 0.25) is 0 Å². The monoisotopic (exact) mass is 670 g/mol. The van der Waals surface area contributed by atoms with Gasteiger partial charge < -0.3 is 9.50 Å². The van der Waals surface area contributed by atoms with E-state index in [0.29, 0.717) is 24.0 Å². The quantitative estimate of drug-likeness (QED) is 0.330. The minimum atomic E-state index is -6.03. The normalized spacial score (nSPS) is 13.0. The smallest absolute Gasteiger partial charge is 0.377 e. The molecule has 1 amide bonds. The lowest BCUT2D eigenvalue weighted by atomic mass is 10.2. The number of carbonyl (C=O) groups excluding carboxylic acids is 1. The first-order valence-electron chi connectivity index (χ1n) is 11.3. The number of pyridine rings is 1. The second-order valence-electron chi connectivity index (χ2n) is 8.58. The second-order valence-corrected chi connectivity index (χ2v) is 16.3. The maximum absolute atomic E-state index is 13.3. The summed E-state index contributed by atoms with van der Waals surface area (Å²) in [7, 11) is -19.1. The minimum absolute atomic E-state index is 0.245. The summed E-state index contributed by atoms with van der Waals surface area (Å²) >= 11 is 0. The molecule has 0 unspecified atom stereocenters. The summed E-state index contributed by atoms with van der Waals surface area (Å²) in [4.78, 5) is 14.2. The Morgan fingerprint density at radius 3 is 1.98 bits per heavy atom. The average molecular weight is 671 g/mol. The Kier molecular flexibility index (Phi) is 8.84. The number of hydrogen-bond acceptors (Lipinski definition) is 11. The molecule has 19 heteroatoms. The molecule has 0 saturated heterocycles. The van der Waals surface area contributed by atoms with Gasteiger partial charge in [0, 0.05) is 6.26 Å². The van der Waals surface area contributed by atoms with Crippen molar-refractivity contribution in [1.82, 2.24) is 4.98 Å². The maximum Gasteiger partial charge on any atom is 0.501 e. The number of carbonyl (C=O) groups is 1. The zero-order chi connectivity index (χ0) is 31.9. The van der Waals surface area contributed by atoms with Gasteiger partial charge in [-0.25, -0.2) is 30.2 Å². The molecule has 0 atom stereocenters. The number of nitrogens with one attached hydrogen (secondary N) is 1. The van der Waals surface area contributed by atoms with Crippen molar-refractivity contribution >= 4 is 51.2 Å². The van der Waals surface area contributed by atoms with E-state index in [4.69, 9.17) is 4.18 Å². The maximum atomic E-state index is 13.3. The van der Waals surface area contributed by atoms with Crippen LogP contribution in [0.1, 0.15) is 23.0 Å². The number of aromatic nitrogens is 1. The molecule has 2 aromatic carbocycles. The van der Waals surface area contributed by atoms with Crippen molar-refractivity contribution < 1.29 is 55.8 Å². The van der Waals surface area contributed by atoms with Gasteiger partial charge in [0.25, 0.3) is 15.7 Å². The van der Waals surface area contributed by atoms with Gasteiger partial charge in [-0.15, -0.1) is 0 Å². The lowest BCUT2D eigenvalue weighted by Crippen LogP contribution is -2.24. The first-order chi connectivity index (χ1) is 19.1. The van der Waals surface area contributed by atoms with E-state index < -0.39 is 93.6 Å². The number of aryl methyl sites for hydroxylation is 1. The number of nitrogens with zero attached hydrogens (tertiary/aromatic N) is 1. The molecule has 12 nitrogen and oxygen atoms in total. The zero-order valence-corrected chi connectivity index (χ0v) is 25.0. The second kappa shape index (κ2) is 11.3. The molecule has 0 radical (unpaired) electrons. The van der Waals surface area contributed by atoms with Gasteiger partial charge in [-0.3, -0.25) is 4.79 Å². The molecule has 0 aliphatic rings. The van der Waals surface area contributed by atoms with Gasteiger partial charge in [-0.05, 0) is 49.4 Å². The Morgan fingerprint density at radius 2 is 1.45 bits per heavy atom. The molecule has 0 fully saturated rings. The Balaban J connectivity index is 2.23. The van der Waals surface area contributed by atoms with Crippen molar-refractivity contribution in [3.05, 3.63) is 65.9 Å². The first-order valence-corrected chi connectivity index (χ1v) is 17.8. The van der Waals surface area contributed by atoms with Gasteiger partial charge in [0.15, 0.2) is 30.4 Å². The Labute approximate surface area is 239 Å². The van der Waals surface area contributed by atoms with Crippen molar-refractivity contribution in [3.8, 4) is 5.75 Å². The topological polar surface area (TPSA) is 188 Å². The molecule has 3 rings (SSSR count). The minimum Gasteiger partial charge on any atom is -0.377 e. The van der Waals surface area contributed by atoms with E-state index >= 15 is 0 Å². The van der Waals surface area contributed by atoms with Crippen LogP contribution in [0.2, 0.25) is 0 Å². The van der Waals surface area contributed by atoms with Gasteiger partial charge in [-0.1, -0.05) is 24.6 Å². The molecule has 0 aliphatic heterocycles. The lowest BCUT2D eigenvalue weighted by molar-refractivity contribution is -0.0436. The molecular formula is C23H21F3N2O10S4. The highest BCUT2D eigenvalue weighted by Crippen LogP contribution is 2.36. The van der Waals surface area contributed by atoms with Gasteiger partial charge in [-0.2, -0.15) is 21.6 Å². The van der Waals surface area contributed by atoms with Crippen molar-refractivity contribution in [1.29, 1.82) is 0 Å². The number of alkyl halides is 3. The number of amides is 1. The fourth-order valence-corrected chi connectivity index (χ4v) is 6.56. The Hall–Kier alpha value is -3.55. The van der Waals surface area contributed by atoms with Crippen molar-refractivity contribution in [2.75, 3.05) is 17.3 Å². The van der Waals surface area contributed by atoms with Crippen LogP contribution >= 0.6 is 0 Å². The van der Waals surface area contributed by atoms with E-state index in [0.717, 1.165) is 24.3 Å². The molecule has 228 valence electrons. The SMILES string of the molecule is CCS(=O)(=O)c1ccc(S(C)(=O)=O)nc1C(=O)Nc1cc(S(=O)(=O)C(F)(F)F)ccc1OS(=O)(=O)c1ccc(C)cc1. The Morgan fingerprint density at radius 1 is 0.881 bits per heavy atom. The fourth-order valence-electron chi connectivity index (χ4n) is 3.24. The van der Waals surface area contributed by atoms with Crippen LogP contribution in [0.5, 0.6) is 5.75 Å². The standard InChI is InChI=1S/C23H21F3N2O10S4/c1-4-40(32,33)19-11-12-20(39(3,30)31)28-21(19)22(29)27-17-13-16(41(34,35)23(24,25)26)9-10-18(17)38-42(36,37)15-7-5-14(2)6-8-15/h5-13H,4H2,1-3H3,(H,27,29). The van der Waals surface area contributed by atoms with E-state index in [9.17, 15) is 51.6 Å². The predicted molar refractivity (Wildman–Crippen MR) is 142 cm³/mol. The van der Waals surface area contributed by atoms with Crippen LogP contribution in [-0.4, -0.2) is 62.1 Å². The molecule has 0 saturated carbocycles. The van der Waals surface area contributed by atoms with E-state index in [1.165, 1.54) is 19.1 Å². The van der Waals surface area contributed by atoms with Crippen LogP contribution < -0.4 is 9.50 Å². The van der Waals surface area contributed by atoms with Gasteiger partial charge in [0.1, 0.15) is 10.6 Å². The predicted octanol–water partition coefficient (Wildman–Crippen LogP) is 2.90. The van der Waals surface area contributed by atoms with Crippen molar-refractivity contribution in [2.24, 2.45) is 0 Å². The summed E-state index contributed by atoms with van der Waals surface area (Å²) in [5, 5.41) is 1.17. The molecule has 42 heavy (non-hydrogen) atoms. The number of benzene rings is 2.